The Morgan fingerprint density at radius 3 is 2.76 bits per heavy atom. The maximum atomic E-state index is 11.8. The summed E-state index contributed by atoms with van der Waals surface area (Å²) in [7, 11) is 3.51. The van der Waals surface area contributed by atoms with Crippen molar-refractivity contribution in [2.24, 2.45) is 12.9 Å². The van der Waals surface area contributed by atoms with E-state index < -0.39 is 0 Å². The number of nitrogens with zero attached hydrogens (tertiary/aromatic N) is 1. The molecule has 0 aliphatic heterocycles. The Morgan fingerprint density at radius 2 is 2.18 bits per heavy atom. The molecule has 0 radical (unpaired) electrons. The van der Waals surface area contributed by atoms with Gasteiger partial charge >= 0.3 is 0 Å². The summed E-state index contributed by atoms with van der Waals surface area (Å²) in [6.07, 6.45) is 0. The van der Waals surface area contributed by atoms with Crippen LogP contribution < -0.4 is 16.0 Å². The quantitative estimate of drug-likeness (QED) is 0.463. The molecule has 0 aliphatic rings. The van der Waals surface area contributed by atoms with Gasteiger partial charge in [-0.15, -0.1) is 0 Å². The highest BCUT2D eigenvalue weighted by molar-refractivity contribution is 6.08. The van der Waals surface area contributed by atoms with Crippen LogP contribution >= 0.6 is 0 Å². The van der Waals surface area contributed by atoms with Crippen molar-refractivity contribution in [2.45, 2.75) is 6.92 Å². The van der Waals surface area contributed by atoms with E-state index in [2.05, 4.69) is 5.43 Å². The molecule has 5 heteroatoms. The van der Waals surface area contributed by atoms with Gasteiger partial charge in [-0.1, -0.05) is 0 Å². The molecule has 0 atom stereocenters. The lowest BCUT2D eigenvalue weighted by atomic mass is 10.1. The number of nitrogens with two attached hydrogens (primary N) is 1. The van der Waals surface area contributed by atoms with Crippen molar-refractivity contribution < 1.29 is 9.53 Å². The Morgan fingerprint density at radius 1 is 1.47 bits per heavy atom. The van der Waals surface area contributed by atoms with Crippen molar-refractivity contribution in [1.29, 1.82) is 0 Å². The van der Waals surface area contributed by atoms with E-state index in [1.54, 1.807) is 7.11 Å². The Balaban J connectivity index is 2.80. The second-order valence-electron chi connectivity index (χ2n) is 3.88. The maximum Gasteiger partial charge on any atom is 0.267 e. The summed E-state index contributed by atoms with van der Waals surface area (Å²) in [5, 5.41) is 0.840. The molecule has 1 amide bonds. The lowest BCUT2D eigenvalue weighted by molar-refractivity contribution is 0.0954. The maximum absolute atomic E-state index is 11.8. The highest BCUT2D eigenvalue weighted by Crippen LogP contribution is 2.28. The van der Waals surface area contributed by atoms with Gasteiger partial charge in [0.15, 0.2) is 0 Å². The number of hydrogen-bond acceptors (Lipinski definition) is 3. The zero-order valence-electron chi connectivity index (χ0n) is 10.1. The fourth-order valence-corrected chi connectivity index (χ4v) is 2.04. The van der Waals surface area contributed by atoms with E-state index in [-0.39, 0.29) is 5.91 Å². The predicted octanol–water partition coefficient (Wildman–Crippen LogP) is 1.10. The lowest BCUT2D eigenvalue weighted by Crippen LogP contribution is -2.30. The third kappa shape index (κ3) is 1.64. The SMILES string of the molecule is COc1ccc2c(c1)c(C(=O)NN)c(C)n2C. The standard InChI is InChI=1S/C12H15N3O2/c1-7-11(12(16)14-13)9-6-8(17-3)4-5-10(9)15(7)2/h4-6H,13H2,1-3H3,(H,14,16). The van der Waals surface area contributed by atoms with Crippen LogP contribution in [-0.4, -0.2) is 17.6 Å². The number of aryl methyl sites for hydroxylation is 1. The van der Waals surface area contributed by atoms with E-state index in [9.17, 15) is 4.79 Å². The normalized spacial score (nSPS) is 10.6. The summed E-state index contributed by atoms with van der Waals surface area (Å²) in [5.74, 6) is 5.63. The highest BCUT2D eigenvalue weighted by Gasteiger charge is 2.18. The van der Waals surface area contributed by atoms with Gasteiger partial charge in [0.2, 0.25) is 0 Å². The molecular weight excluding hydrogens is 218 g/mol. The molecule has 0 unspecified atom stereocenters. The van der Waals surface area contributed by atoms with E-state index in [0.717, 1.165) is 16.6 Å². The largest absolute Gasteiger partial charge is 0.497 e. The van der Waals surface area contributed by atoms with Crippen LogP contribution in [0, 0.1) is 6.92 Å². The monoisotopic (exact) mass is 233 g/mol. The van der Waals surface area contributed by atoms with Crippen LogP contribution in [0.1, 0.15) is 16.1 Å². The smallest absolute Gasteiger partial charge is 0.267 e. The molecule has 5 nitrogen and oxygen atoms in total. The minimum Gasteiger partial charge on any atom is -0.497 e. The molecule has 2 rings (SSSR count). The minimum atomic E-state index is -0.290. The number of carbonyl (C=O) groups is 1. The number of fused-ring (bicyclic) bond motifs is 1. The summed E-state index contributed by atoms with van der Waals surface area (Å²) in [5.41, 5.74) is 4.60. The number of carbonyl (C=O) groups excluding carboxylic acids is 1. The van der Waals surface area contributed by atoms with Gasteiger partial charge in [-0.3, -0.25) is 10.2 Å². The average Bonchev–Trinajstić information content (AvgIpc) is 2.60. The molecule has 17 heavy (non-hydrogen) atoms. The molecule has 0 saturated carbocycles. The number of nitrogens with one attached hydrogen (secondary N) is 1. The number of methoxy groups -OCH3 is 1. The highest BCUT2D eigenvalue weighted by atomic mass is 16.5. The molecular formula is C12H15N3O2. The topological polar surface area (TPSA) is 69.3 Å². The Labute approximate surface area is 99.1 Å². The zero-order chi connectivity index (χ0) is 12.6. The van der Waals surface area contributed by atoms with Crippen molar-refractivity contribution in [1.82, 2.24) is 9.99 Å². The zero-order valence-corrected chi connectivity index (χ0v) is 10.1. The molecule has 0 fully saturated rings. The fourth-order valence-electron chi connectivity index (χ4n) is 2.04. The first-order valence-electron chi connectivity index (χ1n) is 5.24. The van der Waals surface area contributed by atoms with Crippen molar-refractivity contribution in [2.75, 3.05) is 7.11 Å². The first-order valence-corrected chi connectivity index (χ1v) is 5.24. The third-order valence-corrected chi connectivity index (χ3v) is 3.06. The Kier molecular flexibility index (Phi) is 2.77. The van der Waals surface area contributed by atoms with Gasteiger partial charge in [0.1, 0.15) is 5.75 Å². The number of hydrogen-bond donors (Lipinski definition) is 2. The van der Waals surface area contributed by atoms with Gasteiger partial charge < -0.3 is 9.30 Å². The number of hydrazine groups is 1. The van der Waals surface area contributed by atoms with Gasteiger partial charge in [0.25, 0.3) is 5.91 Å². The molecule has 0 aliphatic carbocycles. The molecule has 1 aromatic heterocycles. The van der Waals surface area contributed by atoms with Crippen LogP contribution in [0.2, 0.25) is 0 Å². The van der Waals surface area contributed by atoms with Crippen LogP contribution in [0.15, 0.2) is 18.2 Å². The van der Waals surface area contributed by atoms with Crippen LogP contribution in [0.25, 0.3) is 10.9 Å². The van der Waals surface area contributed by atoms with E-state index in [1.807, 2.05) is 36.7 Å². The number of benzene rings is 1. The summed E-state index contributed by atoms with van der Waals surface area (Å²) in [6, 6.07) is 5.63. The molecule has 0 saturated heterocycles. The molecule has 90 valence electrons. The van der Waals surface area contributed by atoms with Crippen molar-refractivity contribution in [3.05, 3.63) is 29.5 Å². The minimum absolute atomic E-state index is 0.290. The van der Waals surface area contributed by atoms with Crippen molar-refractivity contribution in [3.8, 4) is 5.75 Å². The van der Waals surface area contributed by atoms with Crippen molar-refractivity contribution >= 4 is 16.8 Å². The van der Waals surface area contributed by atoms with Crippen LogP contribution in [0.3, 0.4) is 0 Å². The second-order valence-corrected chi connectivity index (χ2v) is 3.88. The van der Waals surface area contributed by atoms with E-state index in [0.29, 0.717) is 11.3 Å². The molecule has 0 spiro atoms. The first-order chi connectivity index (χ1) is 8.10. The van der Waals surface area contributed by atoms with E-state index in [4.69, 9.17) is 10.6 Å². The van der Waals surface area contributed by atoms with E-state index >= 15 is 0 Å². The van der Waals surface area contributed by atoms with Gasteiger partial charge in [0.05, 0.1) is 12.7 Å². The second kappa shape index (κ2) is 4.10. The molecule has 3 N–H and O–H groups in total. The number of ether oxygens (including phenoxy) is 1. The molecule has 2 aromatic rings. The van der Waals surface area contributed by atoms with Gasteiger partial charge in [0, 0.05) is 23.6 Å². The summed E-state index contributed by atoms with van der Waals surface area (Å²) >= 11 is 0. The predicted molar refractivity (Wildman–Crippen MR) is 65.9 cm³/mol. The number of nitrogen functional groups attached to an aromatic ring is 1. The van der Waals surface area contributed by atoms with Crippen LogP contribution in [0.4, 0.5) is 0 Å². The Hall–Kier alpha value is -2.01. The first kappa shape index (κ1) is 11.5. The summed E-state index contributed by atoms with van der Waals surface area (Å²) in [6.45, 7) is 1.89. The van der Waals surface area contributed by atoms with Gasteiger partial charge in [-0.25, -0.2) is 5.84 Å². The fraction of sp³-hybridized carbons (Fsp3) is 0.250. The number of rotatable bonds is 2. The van der Waals surface area contributed by atoms with Gasteiger partial charge in [-0.05, 0) is 25.1 Å². The molecule has 1 heterocycles. The molecule has 1 aromatic carbocycles. The number of aromatic nitrogens is 1. The Bertz CT molecular complexity index is 587. The van der Waals surface area contributed by atoms with Crippen LogP contribution in [0.5, 0.6) is 5.75 Å². The summed E-state index contributed by atoms with van der Waals surface area (Å²) in [4.78, 5) is 11.8. The third-order valence-electron chi connectivity index (χ3n) is 3.06. The van der Waals surface area contributed by atoms with E-state index in [1.165, 1.54) is 0 Å². The van der Waals surface area contributed by atoms with Crippen LogP contribution in [-0.2, 0) is 7.05 Å². The molecule has 0 bridgehead atoms. The van der Waals surface area contributed by atoms with Gasteiger partial charge in [-0.2, -0.15) is 0 Å². The lowest BCUT2D eigenvalue weighted by Gasteiger charge is -2.01. The van der Waals surface area contributed by atoms with Crippen molar-refractivity contribution in [3.63, 3.8) is 0 Å². The number of amides is 1. The average molecular weight is 233 g/mol. The summed E-state index contributed by atoms with van der Waals surface area (Å²) < 4.78 is 7.13.